The zero-order valence-corrected chi connectivity index (χ0v) is 12.3. The van der Waals surface area contributed by atoms with Crippen molar-refractivity contribution in [2.75, 3.05) is 6.54 Å². The van der Waals surface area contributed by atoms with E-state index < -0.39 is 0 Å². The molecule has 102 valence electrons. The Bertz CT molecular complexity index is 521. The van der Waals surface area contributed by atoms with Crippen molar-refractivity contribution in [2.24, 2.45) is 0 Å². The fourth-order valence-electron chi connectivity index (χ4n) is 2.18. The van der Waals surface area contributed by atoms with E-state index in [0.717, 1.165) is 18.5 Å². The summed E-state index contributed by atoms with van der Waals surface area (Å²) in [4.78, 5) is 2.67. The van der Waals surface area contributed by atoms with Gasteiger partial charge in [0, 0.05) is 15.8 Å². The first-order chi connectivity index (χ1) is 9.24. The maximum atomic E-state index is 13.8. The average Bonchev–Trinajstić information content (AvgIpc) is 2.89. The quantitative estimate of drug-likeness (QED) is 0.828. The van der Waals surface area contributed by atoms with Gasteiger partial charge in [0.25, 0.3) is 0 Å². The van der Waals surface area contributed by atoms with E-state index >= 15 is 0 Å². The normalized spacial score (nSPS) is 12.6. The molecule has 0 aliphatic heterocycles. The van der Waals surface area contributed by atoms with Crippen molar-refractivity contribution in [3.05, 3.63) is 57.5 Å². The molecular weight excluding hydrogens is 257 g/mol. The van der Waals surface area contributed by atoms with Gasteiger partial charge in [-0.3, -0.25) is 0 Å². The topological polar surface area (TPSA) is 12.0 Å². The number of aryl methyl sites for hydroxylation is 1. The molecular formula is C16H20FNS. The summed E-state index contributed by atoms with van der Waals surface area (Å²) < 4.78 is 13.8. The van der Waals surface area contributed by atoms with Gasteiger partial charge >= 0.3 is 0 Å². The highest BCUT2D eigenvalue weighted by molar-refractivity contribution is 7.12. The first-order valence-corrected chi connectivity index (χ1v) is 7.61. The van der Waals surface area contributed by atoms with Crippen LogP contribution in [-0.2, 0) is 12.8 Å². The zero-order chi connectivity index (χ0) is 13.7. The fraction of sp³-hybridized carbons (Fsp3) is 0.375. The number of rotatable bonds is 6. The third-order valence-electron chi connectivity index (χ3n) is 3.21. The van der Waals surface area contributed by atoms with Crippen molar-refractivity contribution in [3.8, 4) is 0 Å². The van der Waals surface area contributed by atoms with E-state index in [1.807, 2.05) is 23.5 Å². The number of nitrogens with one attached hydrogen (secondary N) is 1. The number of benzene rings is 1. The van der Waals surface area contributed by atoms with Gasteiger partial charge in [0.05, 0.1) is 0 Å². The van der Waals surface area contributed by atoms with Crippen LogP contribution in [0.5, 0.6) is 0 Å². The third-order valence-corrected chi connectivity index (χ3v) is 4.55. The van der Waals surface area contributed by atoms with E-state index in [9.17, 15) is 4.39 Å². The summed E-state index contributed by atoms with van der Waals surface area (Å²) in [7, 11) is 0. The molecule has 0 saturated carbocycles. The maximum Gasteiger partial charge on any atom is 0.126 e. The number of likely N-dealkylation sites (N-methyl/N-ethyl adjacent to an activating group) is 1. The van der Waals surface area contributed by atoms with Crippen molar-refractivity contribution in [3.63, 3.8) is 0 Å². The van der Waals surface area contributed by atoms with Gasteiger partial charge < -0.3 is 5.32 Å². The predicted molar refractivity (Wildman–Crippen MR) is 80.2 cm³/mol. The van der Waals surface area contributed by atoms with E-state index in [1.165, 1.54) is 15.8 Å². The number of hydrogen-bond acceptors (Lipinski definition) is 2. The van der Waals surface area contributed by atoms with Crippen LogP contribution in [0.25, 0.3) is 0 Å². The van der Waals surface area contributed by atoms with Crippen molar-refractivity contribution < 1.29 is 4.39 Å². The summed E-state index contributed by atoms with van der Waals surface area (Å²) in [6, 6.07) is 11.6. The molecule has 2 rings (SSSR count). The largest absolute Gasteiger partial charge is 0.309 e. The summed E-state index contributed by atoms with van der Waals surface area (Å²) >= 11 is 1.82. The highest BCUT2D eigenvalue weighted by Crippen LogP contribution is 2.27. The molecule has 1 unspecified atom stereocenters. The van der Waals surface area contributed by atoms with Gasteiger partial charge in [-0.1, -0.05) is 32.0 Å². The highest BCUT2D eigenvalue weighted by Gasteiger charge is 2.15. The van der Waals surface area contributed by atoms with Crippen molar-refractivity contribution in [1.29, 1.82) is 0 Å². The van der Waals surface area contributed by atoms with Gasteiger partial charge in [-0.05, 0) is 43.1 Å². The summed E-state index contributed by atoms with van der Waals surface area (Å²) in [6.45, 7) is 5.13. The number of halogens is 1. The SMILES string of the molecule is CCNC(Cc1ccccc1F)c1ccc(CC)s1. The maximum absolute atomic E-state index is 13.8. The lowest BCUT2D eigenvalue weighted by Gasteiger charge is -2.17. The van der Waals surface area contributed by atoms with Crippen LogP contribution in [0.2, 0.25) is 0 Å². The summed E-state index contributed by atoms with van der Waals surface area (Å²) in [6.07, 6.45) is 1.76. The Morgan fingerprint density at radius 1 is 1.16 bits per heavy atom. The monoisotopic (exact) mass is 277 g/mol. The second-order valence-corrected chi connectivity index (χ2v) is 5.76. The first kappa shape index (κ1) is 14.2. The van der Waals surface area contributed by atoms with Gasteiger partial charge in [0.1, 0.15) is 5.82 Å². The molecule has 1 aromatic carbocycles. The van der Waals surface area contributed by atoms with Crippen LogP contribution in [-0.4, -0.2) is 6.54 Å². The molecule has 0 aliphatic carbocycles. The summed E-state index contributed by atoms with van der Waals surface area (Å²) in [5.41, 5.74) is 0.778. The minimum Gasteiger partial charge on any atom is -0.309 e. The van der Waals surface area contributed by atoms with Crippen LogP contribution >= 0.6 is 11.3 Å². The van der Waals surface area contributed by atoms with Crippen molar-refractivity contribution >= 4 is 11.3 Å². The van der Waals surface area contributed by atoms with E-state index in [2.05, 4.69) is 31.3 Å². The van der Waals surface area contributed by atoms with E-state index in [0.29, 0.717) is 6.42 Å². The second kappa shape index (κ2) is 6.83. The highest BCUT2D eigenvalue weighted by atomic mass is 32.1. The molecule has 3 heteroatoms. The van der Waals surface area contributed by atoms with Gasteiger partial charge in [0.15, 0.2) is 0 Å². The van der Waals surface area contributed by atoms with Crippen LogP contribution in [0.15, 0.2) is 36.4 Å². The van der Waals surface area contributed by atoms with Crippen molar-refractivity contribution in [1.82, 2.24) is 5.32 Å². The molecule has 1 heterocycles. The fourth-order valence-corrected chi connectivity index (χ4v) is 3.20. The number of hydrogen-bond donors (Lipinski definition) is 1. The Kier molecular flexibility index (Phi) is 5.11. The molecule has 0 spiro atoms. The van der Waals surface area contributed by atoms with Crippen LogP contribution in [0.1, 0.15) is 35.2 Å². The van der Waals surface area contributed by atoms with Gasteiger partial charge in [-0.2, -0.15) is 0 Å². The standard InChI is InChI=1S/C16H20FNS/c1-3-13-9-10-16(19-13)15(18-4-2)11-12-7-5-6-8-14(12)17/h5-10,15,18H,3-4,11H2,1-2H3. The van der Waals surface area contributed by atoms with Crippen LogP contribution in [0.4, 0.5) is 4.39 Å². The Hall–Kier alpha value is -1.19. The van der Waals surface area contributed by atoms with Crippen LogP contribution in [0.3, 0.4) is 0 Å². The molecule has 0 radical (unpaired) electrons. The van der Waals surface area contributed by atoms with E-state index in [1.54, 1.807) is 6.07 Å². The molecule has 0 amide bonds. The average molecular weight is 277 g/mol. The minimum absolute atomic E-state index is 0.113. The van der Waals surface area contributed by atoms with Crippen LogP contribution < -0.4 is 5.32 Å². The summed E-state index contributed by atoms with van der Waals surface area (Å²) in [5.74, 6) is -0.113. The Morgan fingerprint density at radius 3 is 2.58 bits per heavy atom. The second-order valence-electron chi connectivity index (χ2n) is 4.56. The molecule has 2 aromatic rings. The lowest BCUT2D eigenvalue weighted by Crippen LogP contribution is -2.22. The van der Waals surface area contributed by atoms with Gasteiger partial charge in [-0.15, -0.1) is 11.3 Å². The van der Waals surface area contributed by atoms with Gasteiger partial charge in [-0.25, -0.2) is 4.39 Å². The predicted octanol–water partition coefficient (Wildman–Crippen LogP) is 4.34. The molecule has 0 saturated heterocycles. The molecule has 0 bridgehead atoms. The van der Waals surface area contributed by atoms with Crippen LogP contribution in [0, 0.1) is 5.82 Å². The molecule has 1 N–H and O–H groups in total. The molecule has 1 aromatic heterocycles. The number of thiophene rings is 1. The molecule has 19 heavy (non-hydrogen) atoms. The first-order valence-electron chi connectivity index (χ1n) is 6.80. The smallest absolute Gasteiger partial charge is 0.126 e. The van der Waals surface area contributed by atoms with Crippen molar-refractivity contribution in [2.45, 2.75) is 32.7 Å². The molecule has 0 aliphatic rings. The lowest BCUT2D eigenvalue weighted by molar-refractivity contribution is 0.534. The Morgan fingerprint density at radius 2 is 1.95 bits per heavy atom. The third kappa shape index (κ3) is 3.64. The zero-order valence-electron chi connectivity index (χ0n) is 11.4. The minimum atomic E-state index is -0.113. The van der Waals surface area contributed by atoms with E-state index in [-0.39, 0.29) is 11.9 Å². The Labute approximate surface area is 118 Å². The van der Waals surface area contributed by atoms with Gasteiger partial charge in [0.2, 0.25) is 0 Å². The lowest BCUT2D eigenvalue weighted by atomic mass is 10.0. The molecule has 0 fully saturated rings. The molecule has 1 nitrogen and oxygen atoms in total. The molecule has 1 atom stereocenters. The summed E-state index contributed by atoms with van der Waals surface area (Å²) in [5, 5.41) is 3.46. The van der Waals surface area contributed by atoms with E-state index in [4.69, 9.17) is 0 Å². The Balaban J connectivity index is 2.18.